The molecule has 2 aromatic heterocycles. The molecule has 5 aliphatic rings. The summed E-state index contributed by atoms with van der Waals surface area (Å²) in [5.41, 5.74) is 5.17. The number of sulfonamides is 1. The van der Waals surface area contributed by atoms with Crippen molar-refractivity contribution in [1.29, 1.82) is 0 Å². The second-order valence-electron chi connectivity index (χ2n) is 22.6. The Morgan fingerprint density at radius 1 is 1.04 bits per heavy atom. The van der Waals surface area contributed by atoms with Crippen molar-refractivity contribution in [2.45, 2.75) is 107 Å². The second-order valence-corrected chi connectivity index (χ2v) is 24.3. The molecule has 2 saturated carbocycles. The minimum Gasteiger partial charge on any atom is -0.493 e. The SMILES string of the molecule is COc1cc(CN2CCN(C3CC4(C3)CN(c3ccc(C(=O)NS(=O)(=O)c5ccc(NC[C@H]6CC[C@](C)(O)CC6)c([N+](=O)[O-])c5)c(Oc5cnc6[nH]cc(F)c6c5)c3)C4)[C@H](c3ccccc3C(C)C)C2)cc2c1OCCC2. The molecule has 406 valence electrons. The number of aliphatic hydroxyl groups is 1. The van der Waals surface area contributed by atoms with Crippen LogP contribution in [-0.2, 0) is 23.0 Å². The molecule has 11 rings (SSSR count). The Balaban J connectivity index is 0.795. The van der Waals surface area contributed by atoms with Crippen molar-refractivity contribution in [3.05, 3.63) is 135 Å². The highest BCUT2D eigenvalue weighted by Crippen LogP contribution is 2.54. The number of amides is 1. The number of hydrogen-bond acceptors (Lipinski definition) is 14. The van der Waals surface area contributed by atoms with Crippen LogP contribution in [0.5, 0.6) is 23.0 Å². The summed E-state index contributed by atoms with van der Waals surface area (Å²) in [7, 11) is -2.94. The van der Waals surface area contributed by atoms with Gasteiger partial charge >= 0.3 is 0 Å². The summed E-state index contributed by atoms with van der Waals surface area (Å²) in [6.07, 6.45) is 9.32. The maximum absolute atomic E-state index is 14.8. The van der Waals surface area contributed by atoms with Crippen LogP contribution in [0.2, 0.25) is 0 Å². The minimum absolute atomic E-state index is 0.0150. The molecule has 5 heterocycles. The number of piperazine rings is 1. The third-order valence-electron chi connectivity index (χ3n) is 16.7. The highest BCUT2D eigenvalue weighted by molar-refractivity contribution is 7.90. The number of nitro benzene ring substituents is 1. The first-order valence-electron chi connectivity index (χ1n) is 26.8. The Morgan fingerprint density at radius 2 is 1.83 bits per heavy atom. The number of pyridine rings is 1. The zero-order valence-electron chi connectivity index (χ0n) is 44.0. The normalized spacial score (nSPS) is 21.7. The predicted octanol–water partition coefficient (Wildman–Crippen LogP) is 9.86. The maximum Gasteiger partial charge on any atom is 0.293 e. The number of aromatic nitrogens is 2. The third-order valence-corrected chi connectivity index (χ3v) is 18.0. The quantitative estimate of drug-likeness (QED) is 0.0526. The molecule has 1 amide bonds. The Kier molecular flexibility index (Phi) is 14.2. The van der Waals surface area contributed by atoms with Gasteiger partial charge in [0.05, 0.1) is 46.3 Å². The number of rotatable bonds is 16. The van der Waals surface area contributed by atoms with E-state index in [0.29, 0.717) is 43.6 Å². The highest BCUT2D eigenvalue weighted by Gasteiger charge is 2.55. The minimum atomic E-state index is -4.65. The molecule has 0 bridgehead atoms. The summed E-state index contributed by atoms with van der Waals surface area (Å²) in [6.45, 7) is 12.6. The van der Waals surface area contributed by atoms with Gasteiger partial charge in [0.15, 0.2) is 11.5 Å². The summed E-state index contributed by atoms with van der Waals surface area (Å²) in [6, 6.07) is 23.8. The van der Waals surface area contributed by atoms with Crippen LogP contribution in [0.15, 0.2) is 96.2 Å². The van der Waals surface area contributed by atoms with Crippen LogP contribution in [0.3, 0.4) is 0 Å². The lowest BCUT2D eigenvalue weighted by Crippen LogP contribution is -2.68. The fourth-order valence-electron chi connectivity index (χ4n) is 12.5. The first-order valence-corrected chi connectivity index (χ1v) is 28.3. The molecule has 1 spiro atoms. The van der Waals surface area contributed by atoms with Crippen LogP contribution in [-0.4, -0.2) is 109 Å². The van der Waals surface area contributed by atoms with Gasteiger partial charge in [-0.1, -0.05) is 44.2 Å². The van der Waals surface area contributed by atoms with E-state index in [-0.39, 0.29) is 45.5 Å². The molecule has 77 heavy (non-hydrogen) atoms. The maximum atomic E-state index is 14.8. The number of carbonyl (C=O) groups excluding carboxylic acids is 1. The average Bonchev–Trinajstić information content (AvgIpc) is 3.86. The monoisotopic (exact) mass is 1070 g/mol. The van der Waals surface area contributed by atoms with Crippen LogP contribution in [0.1, 0.15) is 110 Å². The molecule has 2 saturated heterocycles. The standard InChI is InChI=1S/C58H67FN8O9S/c1-36(2)44-9-5-6-10-45(44)51-33-64(32-38-22-39-8-7-21-75-54(39)53(23-38)74-4)19-20-66(51)41-27-58(28-41)34-65(35-58)40-11-13-46(52(24-40)76-42-25-47-48(59)31-62-55(47)61-30-42)56(68)63-77(72,73)43-12-14-49(50(26-43)67(70)71)60-29-37-15-17-57(3,69)18-16-37/h5-6,9-14,22-26,30-31,36-37,41,51,60,69H,7-8,15-21,27-29,32-35H2,1-4H3,(H,61,62)(H,63,68)/t37-,51-,57-/m0/s1. The van der Waals surface area contributed by atoms with Gasteiger partial charge in [-0.2, -0.15) is 0 Å². The van der Waals surface area contributed by atoms with Gasteiger partial charge in [-0.3, -0.25) is 24.7 Å². The topological polar surface area (TPSA) is 205 Å². The van der Waals surface area contributed by atoms with Gasteiger partial charge in [-0.15, -0.1) is 0 Å². The largest absolute Gasteiger partial charge is 0.493 e. The number of anilines is 2. The van der Waals surface area contributed by atoms with Crippen LogP contribution >= 0.6 is 0 Å². The van der Waals surface area contributed by atoms with Gasteiger partial charge in [0, 0.05) is 87.3 Å². The van der Waals surface area contributed by atoms with Gasteiger partial charge in [0.1, 0.15) is 28.7 Å². The molecule has 17 nitrogen and oxygen atoms in total. The van der Waals surface area contributed by atoms with E-state index in [9.17, 15) is 32.8 Å². The Hall–Kier alpha value is -6.80. The molecular formula is C58H67FN8O9S. The van der Waals surface area contributed by atoms with Crippen molar-refractivity contribution in [2.24, 2.45) is 11.3 Å². The van der Waals surface area contributed by atoms with E-state index in [0.717, 1.165) is 101 Å². The average molecular weight is 1070 g/mol. The summed E-state index contributed by atoms with van der Waals surface area (Å²) < 4.78 is 62.7. The van der Waals surface area contributed by atoms with Gasteiger partial charge in [-0.25, -0.2) is 22.5 Å². The zero-order chi connectivity index (χ0) is 53.8. The number of fused-ring (bicyclic) bond motifs is 2. The van der Waals surface area contributed by atoms with Crippen molar-refractivity contribution in [3.63, 3.8) is 0 Å². The number of nitrogens with zero attached hydrogens (tertiary/aromatic N) is 5. The summed E-state index contributed by atoms with van der Waals surface area (Å²) >= 11 is 0. The summed E-state index contributed by atoms with van der Waals surface area (Å²) in [5.74, 6) is 0.788. The molecule has 3 aliphatic heterocycles. The first-order chi connectivity index (χ1) is 36.9. The molecular weight excluding hydrogens is 1000 g/mol. The molecule has 4 N–H and O–H groups in total. The van der Waals surface area contributed by atoms with Crippen LogP contribution in [0.25, 0.3) is 11.0 Å². The van der Waals surface area contributed by atoms with Crippen LogP contribution in [0.4, 0.5) is 21.5 Å². The number of hydrogen-bond donors (Lipinski definition) is 4. The fourth-order valence-corrected chi connectivity index (χ4v) is 13.5. The summed E-state index contributed by atoms with van der Waals surface area (Å²) in [5, 5.41) is 25.9. The summed E-state index contributed by atoms with van der Waals surface area (Å²) in [4.78, 5) is 39.8. The molecule has 4 fully saturated rings. The lowest BCUT2D eigenvalue weighted by molar-refractivity contribution is -0.384. The lowest BCUT2D eigenvalue weighted by atomic mass is 9.59. The Morgan fingerprint density at radius 3 is 2.60 bits per heavy atom. The van der Waals surface area contributed by atoms with Gasteiger partial charge in [0.25, 0.3) is 21.6 Å². The van der Waals surface area contributed by atoms with E-state index in [4.69, 9.17) is 14.2 Å². The molecule has 19 heteroatoms. The van der Waals surface area contributed by atoms with E-state index in [1.807, 2.05) is 0 Å². The van der Waals surface area contributed by atoms with Crippen molar-refractivity contribution in [2.75, 3.05) is 63.2 Å². The van der Waals surface area contributed by atoms with Crippen LogP contribution < -0.4 is 29.1 Å². The lowest BCUT2D eigenvalue weighted by Gasteiger charge is -2.63. The Labute approximate surface area is 448 Å². The Bertz CT molecular complexity index is 3310. The number of nitrogens with one attached hydrogen (secondary N) is 3. The van der Waals surface area contributed by atoms with Crippen molar-refractivity contribution >= 4 is 44.0 Å². The smallest absolute Gasteiger partial charge is 0.293 e. The van der Waals surface area contributed by atoms with Crippen molar-refractivity contribution in [3.8, 4) is 23.0 Å². The van der Waals surface area contributed by atoms with E-state index in [1.54, 1.807) is 26.2 Å². The van der Waals surface area contributed by atoms with E-state index < -0.39 is 42.9 Å². The van der Waals surface area contributed by atoms with E-state index >= 15 is 0 Å². The number of carbonyl (C=O) groups is 1. The first kappa shape index (κ1) is 52.3. The molecule has 1 atom stereocenters. The third kappa shape index (κ3) is 10.8. The second kappa shape index (κ2) is 20.9. The van der Waals surface area contributed by atoms with Gasteiger partial charge in [-0.05, 0) is 129 Å². The molecule has 6 aromatic rings. The fraction of sp³-hybridized carbons (Fsp3) is 0.448. The molecule has 0 unspecified atom stereocenters. The predicted molar refractivity (Wildman–Crippen MR) is 291 cm³/mol. The number of aromatic amines is 1. The molecule has 4 aromatic carbocycles. The van der Waals surface area contributed by atoms with Crippen LogP contribution in [0, 0.1) is 27.3 Å². The molecule has 0 radical (unpaired) electrons. The van der Waals surface area contributed by atoms with E-state index in [1.165, 1.54) is 58.9 Å². The van der Waals surface area contributed by atoms with Gasteiger partial charge in [0.2, 0.25) is 0 Å². The highest BCUT2D eigenvalue weighted by atomic mass is 32.2. The number of methoxy groups -OCH3 is 1. The van der Waals surface area contributed by atoms with Crippen molar-refractivity contribution in [1.82, 2.24) is 24.5 Å². The zero-order valence-corrected chi connectivity index (χ0v) is 44.8. The number of ether oxygens (including phenoxy) is 3. The molecule has 2 aliphatic carbocycles. The number of H-pyrrole nitrogens is 1. The van der Waals surface area contributed by atoms with E-state index in [2.05, 4.69) is 85.0 Å². The van der Waals surface area contributed by atoms with Gasteiger partial charge < -0.3 is 34.5 Å². The number of nitro groups is 1. The number of benzene rings is 4. The van der Waals surface area contributed by atoms with Crippen molar-refractivity contribution < 1.29 is 41.8 Å². The number of aryl methyl sites for hydroxylation is 1. The number of halogens is 1.